The van der Waals surface area contributed by atoms with Crippen LogP contribution in [-0.2, 0) is 14.3 Å². The molecule has 56 heavy (non-hydrogen) atoms. The summed E-state index contributed by atoms with van der Waals surface area (Å²) in [6.07, 6.45) is 16.4. The Balaban J connectivity index is 0.00000169. The number of esters is 1. The maximum Gasteiger partial charge on any atom is 0.306 e. The number of nitrogens with zero attached hydrogens (tertiary/aromatic N) is 1. The van der Waals surface area contributed by atoms with Gasteiger partial charge in [0.1, 0.15) is 6.10 Å². The van der Waals surface area contributed by atoms with Crippen LogP contribution in [0, 0.1) is 62.1 Å². The molecule has 5 aliphatic carbocycles. The van der Waals surface area contributed by atoms with Crippen LogP contribution in [0.25, 0.3) is 0 Å². The van der Waals surface area contributed by atoms with Crippen LogP contribution in [0.2, 0.25) is 0 Å². The summed E-state index contributed by atoms with van der Waals surface area (Å²) < 4.78 is 6.31. The minimum Gasteiger partial charge on any atom is -0.481 e. The lowest BCUT2D eigenvalue weighted by Gasteiger charge is -2.73. The molecule has 0 aromatic carbocycles. The first kappa shape index (κ1) is 46.9. The van der Waals surface area contributed by atoms with Crippen molar-refractivity contribution in [3.8, 4) is 0 Å². The van der Waals surface area contributed by atoms with E-state index in [0.717, 1.165) is 30.4 Å². The summed E-state index contributed by atoms with van der Waals surface area (Å²) in [4.78, 5) is 27.4. The van der Waals surface area contributed by atoms with Crippen molar-refractivity contribution in [2.45, 2.75) is 198 Å². The molecule has 6 heteroatoms. The Bertz CT molecular complexity index is 1390. The number of fused-ring (bicyclic) bond motifs is 7. The molecule has 2 N–H and O–H groups in total. The van der Waals surface area contributed by atoms with E-state index < -0.39 is 11.4 Å². The number of piperidine rings is 1. The molecule has 1 aliphatic heterocycles. The van der Waals surface area contributed by atoms with E-state index in [1.165, 1.54) is 95.8 Å². The van der Waals surface area contributed by atoms with Crippen molar-refractivity contribution in [2.24, 2.45) is 62.1 Å². The predicted octanol–water partition coefficient (Wildman–Crippen LogP) is 12.5. The molecule has 6 rings (SSSR count). The first-order valence-corrected chi connectivity index (χ1v) is 23.4. The summed E-state index contributed by atoms with van der Waals surface area (Å²) in [7, 11) is 0. The standard InChI is InChI=1S/C46H76N2O4.2C2H6/c1-30(2)33-14-21-46(24-27-48-25-17-32(18-26-48)47-31(3)4)23-22-44(10)34(40(33)46)12-13-36-43(9)19-16-37(42(7,8)35(43)15-20-45(36,44)11)52-39(51)29-41(5,6)28-38(49)50;2*1-2/h32-37,40,47H,1,3,12-29H2,2,4-11H3,(H,49,50);2*1-2H3/t33-,34+,35?,36?,37?,40?,43-,44+,45+,46+;;/m0../s1. The molecular weight excluding hydrogens is 693 g/mol. The van der Waals surface area contributed by atoms with Gasteiger partial charge in [0.05, 0.1) is 12.8 Å². The summed E-state index contributed by atoms with van der Waals surface area (Å²) in [5.41, 5.74) is 3.10. The minimum atomic E-state index is -0.866. The summed E-state index contributed by atoms with van der Waals surface area (Å²) >= 11 is 0. The first-order chi connectivity index (χ1) is 26.2. The van der Waals surface area contributed by atoms with Crippen molar-refractivity contribution >= 4 is 11.9 Å². The fraction of sp³-hybridized carbons (Fsp3) is 0.880. The van der Waals surface area contributed by atoms with Crippen molar-refractivity contribution in [3.05, 3.63) is 24.4 Å². The SMILES string of the molecule is C=C(C)NC1CCN(CC[C@]23CC[C@@H](C(=C)C)C2[C@H]2CCC4[C@@]5(C)CCC(OC(=O)CC(C)(C)CC(=O)O)C(C)(C)C5CC[C@@]4(C)[C@]2(C)CC3)CC1.CC.CC. The number of carboxylic acids is 1. The quantitative estimate of drug-likeness (QED) is 0.161. The fourth-order valence-electron chi connectivity index (χ4n) is 15.0. The summed E-state index contributed by atoms with van der Waals surface area (Å²) in [5.74, 6) is 2.26. The third-order valence-electron chi connectivity index (χ3n) is 17.7. The Kier molecular flexibility index (Phi) is 14.9. The number of carboxylic acid groups (broad SMARTS) is 1. The zero-order chi connectivity index (χ0) is 42.1. The van der Waals surface area contributed by atoms with Crippen molar-refractivity contribution < 1.29 is 19.4 Å². The Labute approximate surface area is 345 Å². The van der Waals surface area contributed by atoms with Gasteiger partial charge in [0.2, 0.25) is 0 Å². The van der Waals surface area contributed by atoms with Crippen LogP contribution in [0.1, 0.15) is 186 Å². The van der Waals surface area contributed by atoms with Gasteiger partial charge in [-0.25, -0.2) is 0 Å². The second kappa shape index (κ2) is 17.8. The molecule has 1 saturated heterocycles. The van der Waals surface area contributed by atoms with Gasteiger partial charge in [0.15, 0.2) is 0 Å². The van der Waals surface area contributed by atoms with E-state index >= 15 is 0 Å². The highest BCUT2D eigenvalue weighted by atomic mass is 16.5. The zero-order valence-corrected chi connectivity index (χ0v) is 38.8. The molecule has 0 aromatic heterocycles. The van der Waals surface area contributed by atoms with E-state index in [2.05, 4.69) is 71.8 Å². The predicted molar refractivity (Wildman–Crippen MR) is 234 cm³/mol. The number of hydrogen-bond donors (Lipinski definition) is 2. The van der Waals surface area contributed by atoms with Crippen LogP contribution in [0.5, 0.6) is 0 Å². The minimum absolute atomic E-state index is 0.0289. The van der Waals surface area contributed by atoms with E-state index in [9.17, 15) is 14.7 Å². The molecular formula is C50H88N2O4. The molecule has 0 spiro atoms. The van der Waals surface area contributed by atoms with Crippen LogP contribution in [0.3, 0.4) is 0 Å². The number of carbonyl (C=O) groups is 2. The number of hydrogen-bond acceptors (Lipinski definition) is 5. The number of aliphatic carboxylic acids is 1. The van der Waals surface area contributed by atoms with Crippen molar-refractivity contribution in [1.29, 1.82) is 0 Å². The second-order valence-corrected chi connectivity index (χ2v) is 21.6. The molecule has 5 saturated carbocycles. The van der Waals surface area contributed by atoms with Gasteiger partial charge in [-0.15, -0.1) is 0 Å². The van der Waals surface area contributed by atoms with Crippen molar-refractivity contribution in [2.75, 3.05) is 19.6 Å². The largest absolute Gasteiger partial charge is 0.481 e. The van der Waals surface area contributed by atoms with E-state index in [4.69, 9.17) is 4.74 Å². The highest BCUT2D eigenvalue weighted by molar-refractivity contribution is 5.73. The number of nitrogens with one attached hydrogen (secondary N) is 1. The van der Waals surface area contributed by atoms with Gasteiger partial charge in [-0.05, 0) is 161 Å². The molecule has 0 aromatic rings. The fourth-order valence-corrected chi connectivity index (χ4v) is 15.0. The molecule has 0 bridgehead atoms. The van der Waals surface area contributed by atoms with E-state index in [0.29, 0.717) is 40.0 Å². The molecule has 6 fully saturated rings. The average Bonchev–Trinajstić information content (AvgIpc) is 3.50. The number of ether oxygens (including phenoxy) is 1. The first-order valence-electron chi connectivity index (χ1n) is 23.4. The highest BCUT2D eigenvalue weighted by Crippen LogP contribution is 2.78. The monoisotopic (exact) mass is 781 g/mol. The lowest BCUT2D eigenvalue weighted by Crippen LogP contribution is -2.66. The van der Waals surface area contributed by atoms with Crippen LogP contribution in [0.15, 0.2) is 24.4 Å². The van der Waals surface area contributed by atoms with E-state index in [1.807, 2.05) is 41.5 Å². The number of carbonyl (C=O) groups excluding carboxylic acids is 1. The maximum atomic E-state index is 13.3. The van der Waals surface area contributed by atoms with Crippen molar-refractivity contribution in [1.82, 2.24) is 10.2 Å². The number of rotatable bonds is 11. The maximum absolute atomic E-state index is 13.3. The van der Waals surface area contributed by atoms with E-state index in [-0.39, 0.29) is 35.7 Å². The number of likely N-dealkylation sites (tertiary alicyclic amines) is 1. The average molecular weight is 781 g/mol. The lowest BCUT2D eigenvalue weighted by atomic mass is 9.32. The molecule has 0 radical (unpaired) electrons. The van der Waals surface area contributed by atoms with Gasteiger partial charge in [-0.3, -0.25) is 9.59 Å². The topological polar surface area (TPSA) is 78.9 Å². The number of allylic oxidation sites excluding steroid dienone is 2. The Morgan fingerprint density at radius 3 is 2.02 bits per heavy atom. The van der Waals surface area contributed by atoms with Crippen LogP contribution in [-0.4, -0.2) is 53.7 Å². The lowest BCUT2D eigenvalue weighted by molar-refractivity contribution is -0.250. The molecule has 322 valence electrons. The van der Waals surface area contributed by atoms with Gasteiger partial charge >= 0.3 is 11.9 Å². The highest BCUT2D eigenvalue weighted by Gasteiger charge is 2.71. The molecule has 1 heterocycles. The third kappa shape index (κ3) is 8.72. The van der Waals surface area contributed by atoms with E-state index in [1.54, 1.807) is 0 Å². The van der Waals surface area contributed by atoms with Gasteiger partial charge in [-0.1, -0.05) is 94.9 Å². The Morgan fingerprint density at radius 2 is 1.43 bits per heavy atom. The van der Waals surface area contributed by atoms with Crippen LogP contribution in [0.4, 0.5) is 0 Å². The van der Waals surface area contributed by atoms with Gasteiger partial charge in [0, 0.05) is 30.2 Å². The van der Waals surface area contributed by atoms with Crippen LogP contribution < -0.4 is 5.32 Å². The molecule has 4 unspecified atom stereocenters. The normalized spacial score (nSPS) is 39.1. The summed E-state index contributed by atoms with van der Waals surface area (Å²) in [6, 6.07) is 0.584. The van der Waals surface area contributed by atoms with Crippen molar-refractivity contribution in [3.63, 3.8) is 0 Å². The molecule has 10 atom stereocenters. The molecule has 0 amide bonds. The second-order valence-electron chi connectivity index (χ2n) is 21.6. The Hall–Kier alpha value is -1.82. The Morgan fingerprint density at radius 1 is 0.786 bits per heavy atom. The zero-order valence-electron chi connectivity index (χ0n) is 38.8. The third-order valence-corrected chi connectivity index (χ3v) is 17.7. The molecule has 6 aliphatic rings. The van der Waals surface area contributed by atoms with Gasteiger partial charge in [-0.2, -0.15) is 0 Å². The van der Waals surface area contributed by atoms with Gasteiger partial charge < -0.3 is 20.1 Å². The summed E-state index contributed by atoms with van der Waals surface area (Å²) in [5, 5.41) is 13.0. The molecule has 6 nitrogen and oxygen atoms in total. The smallest absolute Gasteiger partial charge is 0.306 e. The van der Waals surface area contributed by atoms with Gasteiger partial charge in [0.25, 0.3) is 0 Å². The summed E-state index contributed by atoms with van der Waals surface area (Å²) in [6.45, 7) is 41.4. The van der Waals surface area contributed by atoms with Crippen LogP contribution >= 0.6 is 0 Å².